The van der Waals surface area contributed by atoms with Crippen LogP contribution in [0.4, 0.5) is 0 Å². The number of hydrogen-bond acceptors (Lipinski definition) is 3. The second-order valence-electron chi connectivity index (χ2n) is 6.03. The number of carbonyl (C=O) groups is 2. The summed E-state index contributed by atoms with van der Waals surface area (Å²) in [7, 11) is 1.57. The molecule has 1 N–H and O–H groups in total. The fraction of sp³-hybridized carbons (Fsp3) is 0.300. The van der Waals surface area contributed by atoms with E-state index in [1.165, 1.54) is 11.8 Å². The summed E-state index contributed by atoms with van der Waals surface area (Å²) >= 11 is 13.5. The Hall–Kier alpha value is -1.69. The van der Waals surface area contributed by atoms with Gasteiger partial charge in [0.2, 0.25) is 11.8 Å². The van der Waals surface area contributed by atoms with Gasteiger partial charge in [-0.2, -0.15) is 0 Å². The molecule has 0 saturated heterocycles. The Morgan fingerprint density at radius 1 is 1.15 bits per heavy atom. The minimum atomic E-state index is -0.553. The molecule has 0 aliphatic rings. The predicted octanol–water partition coefficient (Wildman–Crippen LogP) is 4.39. The van der Waals surface area contributed by atoms with E-state index in [2.05, 4.69) is 5.32 Å². The molecule has 1 unspecified atom stereocenters. The summed E-state index contributed by atoms with van der Waals surface area (Å²) in [6.45, 7) is 2.12. The van der Waals surface area contributed by atoms with Crippen molar-refractivity contribution in [2.45, 2.75) is 25.3 Å². The number of hydrogen-bond donors (Lipinski definition) is 1. The number of benzene rings is 2. The Kier molecular flexibility index (Phi) is 8.48. The van der Waals surface area contributed by atoms with Gasteiger partial charge in [0.05, 0.1) is 5.75 Å². The fourth-order valence-electron chi connectivity index (χ4n) is 2.54. The number of thioether (sulfide) groups is 1. The van der Waals surface area contributed by atoms with E-state index >= 15 is 0 Å². The molecule has 1 atom stereocenters. The molecule has 7 heteroatoms. The van der Waals surface area contributed by atoms with E-state index in [0.29, 0.717) is 22.3 Å². The normalized spacial score (nSPS) is 11.7. The molecule has 0 heterocycles. The summed E-state index contributed by atoms with van der Waals surface area (Å²) in [4.78, 5) is 26.5. The van der Waals surface area contributed by atoms with Crippen molar-refractivity contribution in [3.05, 3.63) is 69.7 Å². The second kappa shape index (κ2) is 10.6. The Balaban J connectivity index is 2.02. The third-order valence-electron chi connectivity index (χ3n) is 4.11. The molecule has 0 aliphatic heterocycles. The van der Waals surface area contributed by atoms with Crippen molar-refractivity contribution in [2.24, 2.45) is 0 Å². The minimum Gasteiger partial charge on any atom is -0.357 e. The second-order valence-corrected chi connectivity index (χ2v) is 7.86. The Morgan fingerprint density at radius 3 is 2.48 bits per heavy atom. The van der Waals surface area contributed by atoms with E-state index < -0.39 is 6.04 Å². The van der Waals surface area contributed by atoms with E-state index in [4.69, 9.17) is 23.2 Å². The first-order valence-corrected chi connectivity index (χ1v) is 10.4. The molecule has 2 aromatic carbocycles. The quantitative estimate of drug-likeness (QED) is 0.683. The van der Waals surface area contributed by atoms with E-state index in [9.17, 15) is 9.59 Å². The van der Waals surface area contributed by atoms with Crippen LogP contribution in [0.1, 0.15) is 18.1 Å². The van der Waals surface area contributed by atoms with Crippen molar-refractivity contribution in [3.63, 3.8) is 0 Å². The third kappa shape index (κ3) is 6.45. The van der Waals surface area contributed by atoms with Crippen LogP contribution < -0.4 is 5.32 Å². The lowest BCUT2D eigenvalue weighted by Crippen LogP contribution is -2.47. The van der Waals surface area contributed by atoms with Gasteiger partial charge < -0.3 is 10.2 Å². The molecule has 0 saturated carbocycles. The first kappa shape index (κ1) is 21.6. The third-order valence-corrected chi connectivity index (χ3v) is 5.66. The number of rotatable bonds is 8. The highest BCUT2D eigenvalue weighted by atomic mass is 35.5. The molecule has 0 aliphatic carbocycles. The van der Waals surface area contributed by atoms with Gasteiger partial charge in [0.1, 0.15) is 6.04 Å². The maximum Gasteiger partial charge on any atom is 0.242 e. The largest absolute Gasteiger partial charge is 0.357 e. The van der Waals surface area contributed by atoms with Crippen molar-refractivity contribution in [2.75, 3.05) is 12.8 Å². The van der Waals surface area contributed by atoms with Gasteiger partial charge >= 0.3 is 0 Å². The zero-order valence-electron chi connectivity index (χ0n) is 15.2. The van der Waals surface area contributed by atoms with Crippen LogP contribution in [0.5, 0.6) is 0 Å². The van der Waals surface area contributed by atoms with Gasteiger partial charge in [-0.25, -0.2) is 0 Å². The number of likely N-dealkylation sites (N-methyl/N-ethyl adjacent to an activating group) is 1. The number of nitrogens with one attached hydrogen (secondary N) is 1. The van der Waals surface area contributed by atoms with E-state index in [0.717, 1.165) is 11.1 Å². The predicted molar refractivity (Wildman–Crippen MR) is 113 cm³/mol. The van der Waals surface area contributed by atoms with Crippen LogP contribution in [-0.4, -0.2) is 35.6 Å². The van der Waals surface area contributed by atoms with E-state index in [1.54, 1.807) is 31.0 Å². The van der Waals surface area contributed by atoms with Crippen LogP contribution in [-0.2, 0) is 21.9 Å². The highest BCUT2D eigenvalue weighted by molar-refractivity contribution is 7.99. The smallest absolute Gasteiger partial charge is 0.242 e. The average molecular weight is 425 g/mol. The molecule has 0 bridgehead atoms. The Morgan fingerprint density at radius 2 is 1.85 bits per heavy atom. The molecule has 27 heavy (non-hydrogen) atoms. The number of nitrogens with zero attached hydrogens (tertiary/aromatic N) is 1. The fourth-order valence-corrected chi connectivity index (χ4v) is 4.01. The summed E-state index contributed by atoms with van der Waals surface area (Å²) in [5.74, 6) is 0.567. The van der Waals surface area contributed by atoms with Crippen LogP contribution in [0, 0.1) is 0 Å². The maximum absolute atomic E-state index is 12.8. The van der Waals surface area contributed by atoms with Gasteiger partial charge in [-0.1, -0.05) is 59.6 Å². The molecule has 0 spiro atoms. The number of amides is 2. The van der Waals surface area contributed by atoms with Crippen LogP contribution in [0.15, 0.2) is 48.5 Å². The van der Waals surface area contributed by atoms with E-state index in [1.807, 2.05) is 36.4 Å². The van der Waals surface area contributed by atoms with Gasteiger partial charge in [-0.15, -0.1) is 11.8 Å². The molecule has 144 valence electrons. The van der Waals surface area contributed by atoms with Gasteiger partial charge in [0, 0.05) is 29.4 Å². The summed E-state index contributed by atoms with van der Waals surface area (Å²) in [6.07, 6.45) is 0. The number of carbonyl (C=O) groups excluding carboxylic acids is 2. The van der Waals surface area contributed by atoms with Crippen LogP contribution in [0.25, 0.3) is 0 Å². The summed E-state index contributed by atoms with van der Waals surface area (Å²) < 4.78 is 0. The van der Waals surface area contributed by atoms with Gasteiger partial charge in [-0.05, 0) is 30.2 Å². The van der Waals surface area contributed by atoms with Crippen molar-refractivity contribution in [3.8, 4) is 0 Å². The average Bonchev–Trinajstić information content (AvgIpc) is 2.67. The summed E-state index contributed by atoms with van der Waals surface area (Å²) in [5.41, 5.74) is 1.90. The van der Waals surface area contributed by atoms with Gasteiger partial charge in [0.25, 0.3) is 0 Å². The minimum absolute atomic E-state index is 0.0926. The van der Waals surface area contributed by atoms with Crippen molar-refractivity contribution < 1.29 is 9.59 Å². The zero-order valence-corrected chi connectivity index (χ0v) is 17.6. The Labute approximate surface area is 174 Å². The molecule has 4 nitrogen and oxygen atoms in total. The number of halogens is 2. The first-order valence-electron chi connectivity index (χ1n) is 8.49. The van der Waals surface area contributed by atoms with Crippen molar-refractivity contribution in [1.29, 1.82) is 0 Å². The van der Waals surface area contributed by atoms with Crippen LogP contribution in [0.3, 0.4) is 0 Å². The summed E-state index contributed by atoms with van der Waals surface area (Å²) in [5, 5.41) is 3.78. The molecule has 0 radical (unpaired) electrons. The Bertz CT molecular complexity index is 787. The van der Waals surface area contributed by atoms with Crippen molar-refractivity contribution in [1.82, 2.24) is 10.2 Å². The SMILES string of the molecule is CNC(=O)C(C)N(Cc1ccccc1)C(=O)CSCc1ccc(Cl)cc1Cl. The molecule has 2 amide bonds. The lowest BCUT2D eigenvalue weighted by atomic mass is 10.1. The monoisotopic (exact) mass is 424 g/mol. The van der Waals surface area contributed by atoms with E-state index in [-0.39, 0.29) is 17.6 Å². The molecule has 2 rings (SSSR count). The highest BCUT2D eigenvalue weighted by Gasteiger charge is 2.25. The van der Waals surface area contributed by atoms with Crippen LogP contribution >= 0.6 is 35.0 Å². The molecule has 0 aromatic heterocycles. The molecule has 2 aromatic rings. The standard InChI is InChI=1S/C20H22Cl2N2O2S/c1-14(20(26)23-2)24(11-15-6-4-3-5-7-15)19(25)13-27-12-16-8-9-17(21)10-18(16)22/h3-10,14H,11-13H2,1-2H3,(H,23,26). The first-order chi connectivity index (χ1) is 12.9. The lowest BCUT2D eigenvalue weighted by molar-refractivity contribution is -0.138. The molecular formula is C20H22Cl2N2O2S. The zero-order chi connectivity index (χ0) is 19.8. The van der Waals surface area contributed by atoms with Crippen molar-refractivity contribution >= 4 is 46.8 Å². The maximum atomic E-state index is 12.8. The topological polar surface area (TPSA) is 49.4 Å². The highest BCUT2D eigenvalue weighted by Crippen LogP contribution is 2.25. The van der Waals surface area contributed by atoms with Gasteiger partial charge in [0.15, 0.2) is 0 Å². The summed E-state index contributed by atoms with van der Waals surface area (Å²) in [6, 6.07) is 14.4. The molecule has 0 fully saturated rings. The lowest BCUT2D eigenvalue weighted by Gasteiger charge is -2.28. The van der Waals surface area contributed by atoms with Gasteiger partial charge in [-0.3, -0.25) is 9.59 Å². The molecular weight excluding hydrogens is 403 g/mol. The van der Waals surface area contributed by atoms with Crippen LogP contribution in [0.2, 0.25) is 10.0 Å².